The first-order valence-corrected chi connectivity index (χ1v) is 1.74. The number of furan rings is 1. The second-order valence-electron chi connectivity index (χ2n) is 1.13. The zero-order valence-corrected chi connectivity index (χ0v) is 3.35. The lowest BCUT2D eigenvalue weighted by Crippen LogP contribution is -1.48. The molecular weight excluding hydrogens is 76.1 g/mol. The van der Waals surface area contributed by atoms with Crippen LogP contribution in [0.5, 0.6) is 0 Å². The Labute approximate surface area is 36.6 Å². The van der Waals surface area contributed by atoms with Crippen molar-refractivity contribution < 1.29 is 4.42 Å². The minimum absolute atomic E-state index is 0.926. The summed E-state index contributed by atoms with van der Waals surface area (Å²) in [6.45, 7) is 3.59. The van der Waals surface area contributed by atoms with E-state index in [1.54, 1.807) is 18.6 Å². The van der Waals surface area contributed by atoms with Crippen LogP contribution >= 0.6 is 0 Å². The summed E-state index contributed by atoms with van der Waals surface area (Å²) in [6, 6.07) is 1.81. The molecule has 0 spiro atoms. The van der Waals surface area contributed by atoms with Crippen LogP contribution in [0.25, 0.3) is 0 Å². The Hall–Kier alpha value is -0.720. The van der Waals surface area contributed by atoms with Crippen LogP contribution in [0.15, 0.2) is 23.0 Å². The van der Waals surface area contributed by atoms with Crippen molar-refractivity contribution in [1.29, 1.82) is 0 Å². The van der Waals surface area contributed by atoms with Crippen molar-refractivity contribution in [3.05, 3.63) is 31.1 Å². The van der Waals surface area contributed by atoms with Crippen molar-refractivity contribution in [2.45, 2.75) is 0 Å². The molecule has 0 bridgehead atoms. The van der Waals surface area contributed by atoms with Gasteiger partial charge in [-0.1, -0.05) is 0 Å². The van der Waals surface area contributed by atoms with E-state index in [0.29, 0.717) is 0 Å². The molecular formula is C5H5O. The van der Waals surface area contributed by atoms with Gasteiger partial charge in [-0.25, -0.2) is 0 Å². The first-order valence-electron chi connectivity index (χ1n) is 1.74. The Kier molecular flexibility index (Phi) is 0.675. The maximum Gasteiger partial charge on any atom is 0.0934 e. The van der Waals surface area contributed by atoms with Gasteiger partial charge in [0.2, 0.25) is 0 Å². The fourth-order valence-electron chi connectivity index (χ4n) is 0.293. The molecule has 0 atom stereocenters. The van der Waals surface area contributed by atoms with Crippen LogP contribution in [-0.2, 0) is 0 Å². The van der Waals surface area contributed by atoms with Gasteiger partial charge in [-0.15, -0.1) is 0 Å². The molecule has 1 aromatic rings. The van der Waals surface area contributed by atoms with Crippen LogP contribution in [0, 0.1) is 6.92 Å². The molecule has 6 heavy (non-hydrogen) atoms. The molecule has 1 aromatic heterocycles. The molecule has 0 aliphatic carbocycles. The average molecular weight is 81.1 g/mol. The van der Waals surface area contributed by atoms with Crippen LogP contribution in [0.4, 0.5) is 0 Å². The summed E-state index contributed by atoms with van der Waals surface area (Å²) in [4.78, 5) is 0. The lowest BCUT2D eigenvalue weighted by atomic mass is 10.4. The minimum atomic E-state index is 0.926. The SMILES string of the molecule is [CH2]c1ccoc1. The predicted molar refractivity (Wildman–Crippen MR) is 23.2 cm³/mol. The molecule has 1 heteroatoms. The normalized spacial score (nSPS) is 8.83. The molecule has 1 rings (SSSR count). The second-order valence-corrected chi connectivity index (χ2v) is 1.13. The van der Waals surface area contributed by atoms with Gasteiger partial charge in [0.1, 0.15) is 0 Å². The van der Waals surface area contributed by atoms with Crippen molar-refractivity contribution >= 4 is 0 Å². The molecule has 0 amide bonds. The van der Waals surface area contributed by atoms with Gasteiger partial charge in [0.05, 0.1) is 12.5 Å². The zero-order valence-electron chi connectivity index (χ0n) is 3.35. The molecule has 0 aliphatic heterocycles. The molecule has 0 N–H and O–H groups in total. The van der Waals surface area contributed by atoms with Crippen LogP contribution in [0.3, 0.4) is 0 Å². The minimum Gasteiger partial charge on any atom is -0.472 e. The van der Waals surface area contributed by atoms with Crippen LogP contribution in [0.2, 0.25) is 0 Å². The molecule has 0 saturated heterocycles. The van der Waals surface area contributed by atoms with Crippen molar-refractivity contribution in [2.75, 3.05) is 0 Å². The summed E-state index contributed by atoms with van der Waals surface area (Å²) in [6.07, 6.45) is 3.20. The molecule has 31 valence electrons. The van der Waals surface area contributed by atoms with Gasteiger partial charge in [0.25, 0.3) is 0 Å². The monoisotopic (exact) mass is 81.0 g/mol. The number of hydrogen-bond donors (Lipinski definition) is 0. The summed E-state index contributed by atoms with van der Waals surface area (Å²) in [5, 5.41) is 0. The molecule has 1 heterocycles. The van der Waals surface area contributed by atoms with Gasteiger partial charge in [0.15, 0.2) is 0 Å². The van der Waals surface area contributed by atoms with Crippen molar-refractivity contribution in [2.24, 2.45) is 0 Å². The number of rotatable bonds is 0. The molecule has 0 unspecified atom stereocenters. The van der Waals surface area contributed by atoms with E-state index in [-0.39, 0.29) is 0 Å². The molecule has 0 aromatic carbocycles. The zero-order chi connectivity index (χ0) is 4.41. The smallest absolute Gasteiger partial charge is 0.0934 e. The topological polar surface area (TPSA) is 13.1 Å². The Morgan fingerprint density at radius 2 is 2.50 bits per heavy atom. The third-order valence-electron chi connectivity index (χ3n) is 0.580. The molecule has 1 nitrogen and oxygen atoms in total. The number of hydrogen-bond acceptors (Lipinski definition) is 1. The van der Waals surface area contributed by atoms with Gasteiger partial charge in [-0.2, -0.15) is 0 Å². The van der Waals surface area contributed by atoms with Gasteiger partial charge < -0.3 is 4.42 Å². The van der Waals surface area contributed by atoms with Crippen molar-refractivity contribution in [1.82, 2.24) is 0 Å². The summed E-state index contributed by atoms with van der Waals surface area (Å²) < 4.78 is 4.65. The van der Waals surface area contributed by atoms with Crippen LogP contribution in [-0.4, -0.2) is 0 Å². The van der Waals surface area contributed by atoms with Gasteiger partial charge in [0, 0.05) is 0 Å². The maximum absolute atomic E-state index is 4.65. The maximum atomic E-state index is 4.65. The predicted octanol–water partition coefficient (Wildman–Crippen LogP) is 1.46. The first kappa shape index (κ1) is 3.47. The summed E-state index contributed by atoms with van der Waals surface area (Å²) in [5.74, 6) is 0. The lowest BCUT2D eigenvalue weighted by molar-refractivity contribution is 0.566. The Bertz CT molecular complexity index is 107. The summed E-state index contributed by atoms with van der Waals surface area (Å²) >= 11 is 0. The largest absolute Gasteiger partial charge is 0.472 e. The van der Waals surface area contributed by atoms with Gasteiger partial charge in [-0.05, 0) is 18.6 Å². The highest BCUT2D eigenvalue weighted by Crippen LogP contribution is 1.93. The highest BCUT2D eigenvalue weighted by Gasteiger charge is 1.76. The van der Waals surface area contributed by atoms with E-state index in [9.17, 15) is 0 Å². The highest BCUT2D eigenvalue weighted by atomic mass is 16.3. The van der Waals surface area contributed by atoms with Crippen molar-refractivity contribution in [3.63, 3.8) is 0 Å². The van der Waals surface area contributed by atoms with E-state index in [1.165, 1.54) is 0 Å². The molecule has 0 aliphatic rings. The Balaban J connectivity index is 3.05. The van der Waals surface area contributed by atoms with E-state index in [4.69, 9.17) is 0 Å². The van der Waals surface area contributed by atoms with Gasteiger partial charge in [-0.3, -0.25) is 0 Å². The van der Waals surface area contributed by atoms with E-state index >= 15 is 0 Å². The van der Waals surface area contributed by atoms with Crippen LogP contribution < -0.4 is 0 Å². The van der Waals surface area contributed by atoms with Crippen LogP contribution in [0.1, 0.15) is 5.56 Å². The van der Waals surface area contributed by atoms with Gasteiger partial charge >= 0.3 is 0 Å². The van der Waals surface area contributed by atoms with E-state index in [0.717, 1.165) is 5.56 Å². The molecule has 0 fully saturated rings. The van der Waals surface area contributed by atoms with E-state index in [2.05, 4.69) is 11.3 Å². The fraction of sp³-hybridized carbons (Fsp3) is 0. The quantitative estimate of drug-likeness (QED) is 0.460. The molecule has 1 radical (unpaired) electrons. The summed E-state index contributed by atoms with van der Waals surface area (Å²) in [7, 11) is 0. The molecule has 0 saturated carbocycles. The Morgan fingerprint density at radius 1 is 1.67 bits per heavy atom. The second kappa shape index (κ2) is 1.17. The summed E-state index contributed by atoms with van der Waals surface area (Å²) in [5.41, 5.74) is 0.926. The van der Waals surface area contributed by atoms with Crippen molar-refractivity contribution in [3.8, 4) is 0 Å². The first-order chi connectivity index (χ1) is 2.89. The third kappa shape index (κ3) is 0.432. The van der Waals surface area contributed by atoms with E-state index < -0.39 is 0 Å². The van der Waals surface area contributed by atoms with E-state index in [1.807, 2.05) is 0 Å². The standard InChI is InChI=1S/C5H5O/c1-5-2-3-6-4-5/h2-4H,1H2. The highest BCUT2D eigenvalue weighted by molar-refractivity contribution is 5.07. The Morgan fingerprint density at radius 3 is 2.67 bits per heavy atom. The lowest BCUT2D eigenvalue weighted by Gasteiger charge is -1.63. The fourth-order valence-corrected chi connectivity index (χ4v) is 0.293. The average Bonchev–Trinajstić information content (AvgIpc) is 1.86. The third-order valence-corrected chi connectivity index (χ3v) is 0.580.